The zero-order valence-corrected chi connectivity index (χ0v) is 8.08. The molecule has 0 spiro atoms. The molecule has 2 nitrogen and oxygen atoms in total. The van der Waals surface area contributed by atoms with Crippen LogP contribution in [0.3, 0.4) is 0 Å². The monoisotopic (exact) mass is 172 g/mol. The van der Waals surface area contributed by atoms with Gasteiger partial charge >= 0.3 is 0 Å². The lowest BCUT2D eigenvalue weighted by Crippen LogP contribution is -2.28. The number of nitrogens with one attached hydrogen (secondary N) is 1. The molecule has 0 radical (unpaired) electrons. The summed E-state index contributed by atoms with van der Waals surface area (Å²) in [5.74, 6) is 1.15. The van der Waals surface area contributed by atoms with E-state index in [4.69, 9.17) is 5.26 Å². The van der Waals surface area contributed by atoms with Crippen molar-refractivity contribution in [2.24, 2.45) is 0 Å². The van der Waals surface area contributed by atoms with E-state index in [2.05, 4.69) is 24.6 Å². The van der Waals surface area contributed by atoms with Crippen molar-refractivity contribution < 1.29 is 0 Å². The van der Waals surface area contributed by atoms with Gasteiger partial charge in [-0.2, -0.15) is 17.0 Å². The van der Waals surface area contributed by atoms with Crippen LogP contribution in [0.4, 0.5) is 0 Å². The first-order valence-electron chi connectivity index (χ1n) is 3.90. The van der Waals surface area contributed by atoms with Crippen LogP contribution in [0.5, 0.6) is 0 Å². The molecule has 0 saturated carbocycles. The third-order valence-corrected chi connectivity index (χ3v) is 2.21. The van der Waals surface area contributed by atoms with Gasteiger partial charge in [0.1, 0.15) is 0 Å². The molecule has 0 aliphatic carbocycles. The average molecular weight is 172 g/mol. The lowest BCUT2D eigenvalue weighted by atomic mass is 10.3. The van der Waals surface area contributed by atoms with Crippen LogP contribution < -0.4 is 5.32 Å². The van der Waals surface area contributed by atoms with Crippen LogP contribution in [0.25, 0.3) is 0 Å². The van der Waals surface area contributed by atoms with E-state index in [0.717, 1.165) is 18.7 Å². The van der Waals surface area contributed by atoms with E-state index in [1.807, 2.05) is 11.8 Å². The van der Waals surface area contributed by atoms with Gasteiger partial charge in [0.15, 0.2) is 0 Å². The Morgan fingerprint density at radius 3 is 2.91 bits per heavy atom. The molecule has 0 aromatic rings. The van der Waals surface area contributed by atoms with Gasteiger partial charge in [0.2, 0.25) is 0 Å². The third kappa shape index (κ3) is 7.70. The Kier molecular flexibility index (Phi) is 7.76. The Morgan fingerprint density at radius 1 is 1.64 bits per heavy atom. The molecule has 1 atom stereocenters. The largest absolute Gasteiger partial charge is 0.313 e. The highest BCUT2D eigenvalue weighted by Crippen LogP contribution is 1.96. The molecule has 64 valence electrons. The fourth-order valence-electron chi connectivity index (χ4n) is 0.825. The van der Waals surface area contributed by atoms with Crippen LogP contribution in [0, 0.1) is 11.3 Å². The maximum atomic E-state index is 8.25. The summed E-state index contributed by atoms with van der Waals surface area (Å²) in [5.41, 5.74) is 0. The van der Waals surface area contributed by atoms with E-state index >= 15 is 0 Å². The molecular weight excluding hydrogens is 156 g/mol. The maximum absolute atomic E-state index is 8.25. The molecule has 0 aromatic heterocycles. The van der Waals surface area contributed by atoms with Crippen molar-refractivity contribution in [3.05, 3.63) is 0 Å². The lowest BCUT2D eigenvalue weighted by molar-refractivity contribution is 0.581. The highest BCUT2D eigenvalue weighted by atomic mass is 32.2. The standard InChI is InChI=1S/C8H16N2S/c1-8(7-11-2)10-6-4-3-5-9/h8,10H,3-4,6-7H2,1-2H3. The van der Waals surface area contributed by atoms with Crippen molar-refractivity contribution >= 4 is 11.8 Å². The van der Waals surface area contributed by atoms with Gasteiger partial charge in [-0.1, -0.05) is 0 Å². The van der Waals surface area contributed by atoms with Gasteiger partial charge in [-0.25, -0.2) is 0 Å². The molecule has 0 saturated heterocycles. The molecule has 0 fully saturated rings. The molecule has 0 bridgehead atoms. The number of rotatable bonds is 6. The van der Waals surface area contributed by atoms with E-state index in [1.165, 1.54) is 0 Å². The molecular formula is C8H16N2S. The molecule has 0 rings (SSSR count). The second kappa shape index (κ2) is 7.90. The summed E-state index contributed by atoms with van der Waals surface area (Å²) >= 11 is 1.85. The topological polar surface area (TPSA) is 35.8 Å². The van der Waals surface area contributed by atoms with E-state index in [-0.39, 0.29) is 0 Å². The normalized spacial score (nSPS) is 12.5. The second-order valence-electron chi connectivity index (χ2n) is 2.57. The highest BCUT2D eigenvalue weighted by molar-refractivity contribution is 7.98. The molecule has 3 heteroatoms. The van der Waals surface area contributed by atoms with Crippen LogP contribution in [-0.4, -0.2) is 24.6 Å². The number of nitriles is 1. The zero-order chi connectivity index (χ0) is 8.53. The molecule has 1 N–H and O–H groups in total. The number of unbranched alkanes of at least 4 members (excludes halogenated alkanes) is 1. The van der Waals surface area contributed by atoms with E-state index in [1.54, 1.807) is 0 Å². The third-order valence-electron chi connectivity index (χ3n) is 1.37. The molecule has 11 heavy (non-hydrogen) atoms. The molecule has 1 unspecified atom stereocenters. The Hall–Kier alpha value is -0.200. The van der Waals surface area contributed by atoms with Crippen LogP contribution in [0.2, 0.25) is 0 Å². The van der Waals surface area contributed by atoms with Crippen LogP contribution >= 0.6 is 11.8 Å². The second-order valence-corrected chi connectivity index (χ2v) is 3.48. The van der Waals surface area contributed by atoms with Gasteiger partial charge in [-0.15, -0.1) is 0 Å². The van der Waals surface area contributed by atoms with Crippen LogP contribution in [-0.2, 0) is 0 Å². The average Bonchev–Trinajstić information content (AvgIpc) is 1.99. The van der Waals surface area contributed by atoms with Gasteiger partial charge in [0, 0.05) is 18.2 Å². The fraction of sp³-hybridized carbons (Fsp3) is 0.875. The molecule has 0 amide bonds. The van der Waals surface area contributed by atoms with E-state index in [9.17, 15) is 0 Å². The Bertz CT molecular complexity index is 120. The van der Waals surface area contributed by atoms with Gasteiger partial charge < -0.3 is 5.32 Å². The van der Waals surface area contributed by atoms with Crippen LogP contribution in [0.1, 0.15) is 19.8 Å². The Balaban J connectivity index is 3.05. The minimum Gasteiger partial charge on any atom is -0.313 e. The lowest BCUT2D eigenvalue weighted by Gasteiger charge is -2.10. The summed E-state index contributed by atoms with van der Waals surface area (Å²) < 4.78 is 0. The number of thioether (sulfide) groups is 1. The van der Waals surface area contributed by atoms with Gasteiger partial charge in [0.05, 0.1) is 6.07 Å². The predicted molar refractivity (Wildman–Crippen MR) is 50.7 cm³/mol. The predicted octanol–water partition coefficient (Wildman–Crippen LogP) is 1.63. The van der Waals surface area contributed by atoms with Crippen molar-refractivity contribution in [1.82, 2.24) is 5.32 Å². The fourth-order valence-corrected chi connectivity index (χ4v) is 1.44. The smallest absolute Gasteiger partial charge is 0.0622 e. The molecule has 0 heterocycles. The summed E-state index contributed by atoms with van der Waals surface area (Å²) in [7, 11) is 0. The quantitative estimate of drug-likeness (QED) is 0.619. The Labute approximate surface area is 73.4 Å². The number of hydrogen-bond donors (Lipinski definition) is 1. The minimum absolute atomic E-state index is 0.573. The van der Waals surface area contributed by atoms with Crippen molar-refractivity contribution in [2.45, 2.75) is 25.8 Å². The minimum atomic E-state index is 0.573. The van der Waals surface area contributed by atoms with Crippen molar-refractivity contribution in [1.29, 1.82) is 5.26 Å². The SMILES string of the molecule is CSCC(C)NCCCC#N. The van der Waals surface area contributed by atoms with E-state index < -0.39 is 0 Å². The zero-order valence-electron chi connectivity index (χ0n) is 7.26. The first-order valence-corrected chi connectivity index (χ1v) is 5.30. The first kappa shape index (κ1) is 10.8. The number of hydrogen-bond acceptors (Lipinski definition) is 3. The van der Waals surface area contributed by atoms with Crippen molar-refractivity contribution in [3.63, 3.8) is 0 Å². The van der Waals surface area contributed by atoms with E-state index in [0.29, 0.717) is 12.5 Å². The summed E-state index contributed by atoms with van der Waals surface area (Å²) in [6.45, 7) is 3.14. The summed E-state index contributed by atoms with van der Waals surface area (Å²) in [6, 6.07) is 2.70. The van der Waals surface area contributed by atoms with Crippen molar-refractivity contribution in [2.75, 3.05) is 18.6 Å². The van der Waals surface area contributed by atoms with Gasteiger partial charge in [0.25, 0.3) is 0 Å². The highest BCUT2D eigenvalue weighted by Gasteiger charge is 1.97. The first-order chi connectivity index (χ1) is 5.31. The summed E-state index contributed by atoms with van der Waals surface area (Å²) in [5, 5.41) is 11.6. The maximum Gasteiger partial charge on any atom is 0.0622 e. The summed E-state index contributed by atoms with van der Waals surface area (Å²) in [4.78, 5) is 0. The van der Waals surface area contributed by atoms with Gasteiger partial charge in [-0.05, 0) is 26.1 Å². The van der Waals surface area contributed by atoms with Crippen LogP contribution in [0.15, 0.2) is 0 Å². The van der Waals surface area contributed by atoms with Gasteiger partial charge in [-0.3, -0.25) is 0 Å². The number of nitrogens with zero attached hydrogens (tertiary/aromatic N) is 1. The molecule has 0 aliphatic rings. The van der Waals surface area contributed by atoms with Crippen molar-refractivity contribution in [3.8, 4) is 6.07 Å². The molecule has 0 aromatic carbocycles. The summed E-state index contributed by atoms with van der Waals surface area (Å²) in [6.07, 6.45) is 3.74. The molecule has 0 aliphatic heterocycles. The Morgan fingerprint density at radius 2 is 2.36 bits per heavy atom.